The lowest BCUT2D eigenvalue weighted by Gasteiger charge is -2.27. The molecule has 1 heteroatoms. The molecule has 0 atom stereocenters. The predicted molar refractivity (Wildman–Crippen MR) is 60.7 cm³/mol. The Hall–Kier alpha value is -0.560. The van der Waals surface area contributed by atoms with Crippen molar-refractivity contribution in [2.45, 2.75) is 27.7 Å². The molecule has 1 nitrogen and oxygen atoms in total. The fraction of sp³-hybridized carbons (Fsp3) is 0.667. The molecule has 0 bridgehead atoms. The zero-order valence-electron chi connectivity index (χ0n) is 10.0. The molecule has 0 saturated carbocycles. The molecule has 0 N–H and O–H groups in total. The van der Waals surface area contributed by atoms with E-state index in [4.69, 9.17) is 0 Å². The van der Waals surface area contributed by atoms with E-state index in [0.29, 0.717) is 0 Å². The normalized spacial score (nSPS) is 10.9. The molecule has 0 aliphatic heterocycles. The van der Waals surface area contributed by atoms with Gasteiger partial charge in [0.05, 0.1) is 27.2 Å². The number of nitrogens with zero attached hydrogens (tertiary/aromatic N) is 1. The first-order valence-electron chi connectivity index (χ1n) is 4.92. The number of rotatable bonds is 4. The Bertz CT molecular complexity index is 179. The lowest BCUT2D eigenvalue weighted by atomic mass is 10.2. The average Bonchev–Trinajstić information content (AvgIpc) is 1.98. The van der Waals surface area contributed by atoms with Crippen molar-refractivity contribution >= 4 is 0 Å². The van der Waals surface area contributed by atoms with Crippen LogP contribution in [0.1, 0.15) is 27.7 Å². The number of hydrogen-bond acceptors (Lipinski definition) is 0. The highest BCUT2D eigenvalue weighted by molar-refractivity contribution is 4.95. The maximum atomic E-state index is 2.30. The topological polar surface area (TPSA) is 0 Å². The van der Waals surface area contributed by atoms with E-state index in [9.17, 15) is 0 Å². The number of hydrogen-bond donors (Lipinski definition) is 0. The fourth-order valence-electron chi connectivity index (χ4n) is 0.934. The summed E-state index contributed by atoms with van der Waals surface area (Å²) in [6.07, 6.45) is 4.61. The summed E-state index contributed by atoms with van der Waals surface area (Å²) in [5, 5.41) is 0. The Morgan fingerprint density at radius 3 is 1.38 bits per heavy atom. The SMILES string of the molecule is CC(C)=CC[N+](C)(C)CC=C(C)C. The summed E-state index contributed by atoms with van der Waals surface area (Å²) in [5.41, 5.74) is 2.81. The van der Waals surface area contributed by atoms with E-state index < -0.39 is 0 Å². The number of quaternary nitrogens is 1. The maximum absolute atomic E-state index is 2.30. The van der Waals surface area contributed by atoms with Crippen LogP contribution in [0, 0.1) is 0 Å². The highest BCUT2D eigenvalue weighted by atomic mass is 15.3. The van der Waals surface area contributed by atoms with Gasteiger partial charge in [-0.15, -0.1) is 0 Å². The Morgan fingerprint density at radius 1 is 0.846 bits per heavy atom. The van der Waals surface area contributed by atoms with Crippen LogP contribution in [0.3, 0.4) is 0 Å². The van der Waals surface area contributed by atoms with Gasteiger partial charge in [-0.25, -0.2) is 0 Å². The fourth-order valence-corrected chi connectivity index (χ4v) is 0.934. The van der Waals surface area contributed by atoms with Gasteiger partial charge in [0, 0.05) is 0 Å². The molecule has 0 saturated heterocycles. The summed E-state index contributed by atoms with van der Waals surface area (Å²) in [6.45, 7) is 10.8. The van der Waals surface area contributed by atoms with Gasteiger partial charge in [0.1, 0.15) is 0 Å². The van der Waals surface area contributed by atoms with Crippen molar-refractivity contribution in [1.29, 1.82) is 0 Å². The molecule has 0 aromatic heterocycles. The molecule has 0 amide bonds. The Kier molecular flexibility index (Phi) is 5.01. The smallest absolute Gasteiger partial charge is 0.0974 e. The van der Waals surface area contributed by atoms with Gasteiger partial charge in [-0.2, -0.15) is 0 Å². The van der Waals surface area contributed by atoms with Gasteiger partial charge in [0.15, 0.2) is 0 Å². The molecule has 0 heterocycles. The van der Waals surface area contributed by atoms with Crippen molar-refractivity contribution in [1.82, 2.24) is 0 Å². The van der Waals surface area contributed by atoms with Gasteiger partial charge in [-0.05, 0) is 39.8 Å². The Balaban J connectivity index is 4.09. The van der Waals surface area contributed by atoms with Gasteiger partial charge in [-0.1, -0.05) is 11.1 Å². The quantitative estimate of drug-likeness (QED) is 0.463. The van der Waals surface area contributed by atoms with Crippen LogP contribution in [0.5, 0.6) is 0 Å². The van der Waals surface area contributed by atoms with Crippen molar-refractivity contribution in [3.8, 4) is 0 Å². The molecule has 0 rings (SSSR count). The Labute approximate surface area is 83.3 Å². The van der Waals surface area contributed by atoms with Crippen LogP contribution in [0.15, 0.2) is 23.3 Å². The van der Waals surface area contributed by atoms with E-state index in [1.807, 2.05) is 0 Å². The van der Waals surface area contributed by atoms with Crippen LogP contribution in [-0.2, 0) is 0 Å². The van der Waals surface area contributed by atoms with Crippen LogP contribution in [0.2, 0.25) is 0 Å². The lowest BCUT2D eigenvalue weighted by Crippen LogP contribution is -2.39. The second-order valence-corrected chi connectivity index (χ2v) is 4.86. The minimum Gasteiger partial charge on any atom is -0.322 e. The van der Waals surface area contributed by atoms with Crippen LogP contribution in [-0.4, -0.2) is 31.7 Å². The van der Waals surface area contributed by atoms with Crippen LogP contribution < -0.4 is 0 Å². The highest BCUT2D eigenvalue weighted by Crippen LogP contribution is 2.02. The van der Waals surface area contributed by atoms with Crippen molar-refractivity contribution in [2.24, 2.45) is 0 Å². The molecular weight excluding hydrogens is 158 g/mol. The minimum atomic E-state index is 1.04. The molecule has 0 unspecified atom stereocenters. The standard InChI is InChI=1S/C12H24N/c1-11(2)7-9-13(5,6)10-8-12(3)4/h7-8H,9-10H2,1-6H3/q+1. The average molecular weight is 182 g/mol. The zero-order chi connectivity index (χ0) is 10.5. The lowest BCUT2D eigenvalue weighted by molar-refractivity contribution is -0.878. The third-order valence-corrected chi connectivity index (χ3v) is 1.99. The molecule has 0 aromatic carbocycles. The van der Waals surface area contributed by atoms with Crippen molar-refractivity contribution in [3.05, 3.63) is 23.3 Å². The van der Waals surface area contributed by atoms with Crippen molar-refractivity contribution in [2.75, 3.05) is 27.2 Å². The first kappa shape index (κ1) is 12.4. The molecule has 0 aliphatic rings. The summed E-state index contributed by atoms with van der Waals surface area (Å²) < 4.78 is 1.04. The Morgan fingerprint density at radius 2 is 1.15 bits per heavy atom. The molecule has 0 aromatic rings. The van der Waals surface area contributed by atoms with E-state index in [2.05, 4.69) is 53.9 Å². The second kappa shape index (κ2) is 5.23. The first-order chi connectivity index (χ1) is 5.83. The summed E-state index contributed by atoms with van der Waals surface area (Å²) in [6, 6.07) is 0. The summed E-state index contributed by atoms with van der Waals surface area (Å²) >= 11 is 0. The van der Waals surface area contributed by atoms with Gasteiger partial charge < -0.3 is 4.48 Å². The molecule has 0 spiro atoms. The van der Waals surface area contributed by atoms with E-state index >= 15 is 0 Å². The molecule has 0 aliphatic carbocycles. The maximum Gasteiger partial charge on any atom is 0.0974 e. The molecule has 13 heavy (non-hydrogen) atoms. The summed E-state index contributed by atoms with van der Waals surface area (Å²) in [4.78, 5) is 0. The van der Waals surface area contributed by atoms with Crippen LogP contribution in [0.4, 0.5) is 0 Å². The van der Waals surface area contributed by atoms with E-state index in [1.54, 1.807) is 0 Å². The monoisotopic (exact) mass is 182 g/mol. The van der Waals surface area contributed by atoms with Crippen LogP contribution >= 0.6 is 0 Å². The molecular formula is C12H24N+. The third kappa shape index (κ3) is 7.79. The first-order valence-corrected chi connectivity index (χ1v) is 4.92. The molecule has 76 valence electrons. The molecule has 0 fully saturated rings. The predicted octanol–water partition coefficient (Wildman–Crippen LogP) is 3.00. The van der Waals surface area contributed by atoms with Crippen LogP contribution in [0.25, 0.3) is 0 Å². The third-order valence-electron chi connectivity index (χ3n) is 1.99. The summed E-state index contributed by atoms with van der Waals surface area (Å²) in [7, 11) is 4.53. The number of likely N-dealkylation sites (N-methyl/N-ethyl adjacent to an activating group) is 1. The van der Waals surface area contributed by atoms with E-state index in [1.165, 1.54) is 11.1 Å². The second-order valence-electron chi connectivity index (χ2n) is 4.86. The minimum absolute atomic E-state index is 1.04. The van der Waals surface area contributed by atoms with Gasteiger partial charge in [0.2, 0.25) is 0 Å². The highest BCUT2D eigenvalue weighted by Gasteiger charge is 2.09. The van der Waals surface area contributed by atoms with Gasteiger partial charge in [-0.3, -0.25) is 0 Å². The van der Waals surface area contributed by atoms with E-state index in [-0.39, 0.29) is 0 Å². The van der Waals surface area contributed by atoms with Crippen molar-refractivity contribution < 1.29 is 4.48 Å². The van der Waals surface area contributed by atoms with Gasteiger partial charge >= 0.3 is 0 Å². The number of allylic oxidation sites excluding steroid dienone is 2. The van der Waals surface area contributed by atoms with E-state index in [0.717, 1.165) is 17.6 Å². The largest absolute Gasteiger partial charge is 0.322 e. The molecule has 0 radical (unpaired) electrons. The summed E-state index contributed by atoms with van der Waals surface area (Å²) in [5.74, 6) is 0. The zero-order valence-corrected chi connectivity index (χ0v) is 10.0. The van der Waals surface area contributed by atoms with Gasteiger partial charge in [0.25, 0.3) is 0 Å². The van der Waals surface area contributed by atoms with Crippen molar-refractivity contribution in [3.63, 3.8) is 0 Å².